The van der Waals surface area contributed by atoms with E-state index in [2.05, 4.69) is 21.0 Å². The van der Waals surface area contributed by atoms with Crippen LogP contribution in [0.5, 0.6) is 0 Å². The molecular formula is C21H24N4O. The summed E-state index contributed by atoms with van der Waals surface area (Å²) in [6, 6.07) is 12.0. The average Bonchev–Trinajstić information content (AvgIpc) is 3.31. The van der Waals surface area contributed by atoms with Gasteiger partial charge in [0.2, 0.25) is 0 Å². The Kier molecular flexibility index (Phi) is 4.80. The monoisotopic (exact) mass is 348 g/mol. The SMILES string of the molecule is Cn1nc(C(=O)CCCN2CCCC2)cc1-c1cnc2ccccc2c1. The van der Waals surface area contributed by atoms with Crippen molar-refractivity contribution in [1.82, 2.24) is 19.7 Å². The molecule has 26 heavy (non-hydrogen) atoms. The van der Waals surface area contributed by atoms with Crippen molar-refractivity contribution in [2.75, 3.05) is 19.6 Å². The third-order valence-corrected chi connectivity index (χ3v) is 5.13. The van der Waals surface area contributed by atoms with Crippen LogP contribution in [-0.4, -0.2) is 45.1 Å². The number of hydrogen-bond acceptors (Lipinski definition) is 4. The van der Waals surface area contributed by atoms with Crippen molar-refractivity contribution >= 4 is 16.7 Å². The molecule has 0 aliphatic carbocycles. The number of likely N-dealkylation sites (tertiary alicyclic amines) is 1. The molecule has 0 spiro atoms. The molecule has 4 rings (SSSR count). The number of nitrogens with zero attached hydrogens (tertiary/aromatic N) is 4. The Balaban J connectivity index is 1.48. The fraction of sp³-hybridized carbons (Fsp3) is 0.381. The van der Waals surface area contributed by atoms with Gasteiger partial charge >= 0.3 is 0 Å². The molecule has 0 atom stereocenters. The minimum atomic E-state index is 0.125. The van der Waals surface area contributed by atoms with E-state index < -0.39 is 0 Å². The van der Waals surface area contributed by atoms with Gasteiger partial charge in [0, 0.05) is 30.6 Å². The highest BCUT2D eigenvalue weighted by molar-refractivity contribution is 5.95. The predicted molar refractivity (Wildman–Crippen MR) is 103 cm³/mol. The first kappa shape index (κ1) is 16.9. The maximum Gasteiger partial charge on any atom is 0.183 e. The number of ketones is 1. The highest BCUT2D eigenvalue weighted by Crippen LogP contribution is 2.23. The number of pyridine rings is 1. The molecule has 0 unspecified atom stereocenters. The molecule has 0 bridgehead atoms. The van der Waals surface area contributed by atoms with Crippen molar-refractivity contribution in [3.63, 3.8) is 0 Å². The third-order valence-electron chi connectivity index (χ3n) is 5.13. The van der Waals surface area contributed by atoms with Crippen LogP contribution in [0.3, 0.4) is 0 Å². The van der Waals surface area contributed by atoms with Gasteiger partial charge in [0.05, 0.1) is 11.2 Å². The van der Waals surface area contributed by atoms with Gasteiger partial charge in [-0.25, -0.2) is 0 Å². The Bertz CT molecular complexity index is 925. The molecule has 3 heterocycles. The van der Waals surface area contributed by atoms with Crippen LogP contribution in [0.15, 0.2) is 42.6 Å². The van der Waals surface area contributed by atoms with Crippen LogP contribution in [0.2, 0.25) is 0 Å². The molecule has 3 aromatic rings. The normalized spacial score (nSPS) is 15.0. The summed E-state index contributed by atoms with van der Waals surface area (Å²) < 4.78 is 1.78. The smallest absolute Gasteiger partial charge is 0.183 e. The first-order chi connectivity index (χ1) is 12.7. The van der Waals surface area contributed by atoms with Crippen LogP contribution in [0, 0.1) is 0 Å². The van der Waals surface area contributed by atoms with Crippen molar-refractivity contribution in [2.45, 2.75) is 25.7 Å². The zero-order chi connectivity index (χ0) is 17.9. The number of carbonyl (C=O) groups excluding carboxylic acids is 1. The Labute approximate surface area is 153 Å². The molecule has 5 nitrogen and oxygen atoms in total. The van der Waals surface area contributed by atoms with Crippen LogP contribution >= 0.6 is 0 Å². The van der Waals surface area contributed by atoms with Crippen LogP contribution in [0.25, 0.3) is 22.2 Å². The van der Waals surface area contributed by atoms with Gasteiger partial charge in [-0.2, -0.15) is 5.10 Å². The molecule has 0 amide bonds. The summed E-state index contributed by atoms with van der Waals surface area (Å²) in [7, 11) is 1.88. The van der Waals surface area contributed by atoms with Gasteiger partial charge in [0.25, 0.3) is 0 Å². The molecule has 134 valence electrons. The van der Waals surface area contributed by atoms with Gasteiger partial charge in [0.1, 0.15) is 5.69 Å². The van der Waals surface area contributed by atoms with E-state index in [0.717, 1.165) is 35.1 Å². The van der Waals surface area contributed by atoms with Crippen molar-refractivity contribution < 1.29 is 4.79 Å². The Hall–Kier alpha value is -2.53. The highest BCUT2D eigenvalue weighted by atomic mass is 16.1. The van der Waals surface area contributed by atoms with Gasteiger partial charge < -0.3 is 4.90 Å². The lowest BCUT2D eigenvalue weighted by molar-refractivity contribution is 0.0970. The summed E-state index contributed by atoms with van der Waals surface area (Å²) in [5, 5.41) is 5.53. The van der Waals surface area contributed by atoms with E-state index in [9.17, 15) is 4.79 Å². The number of para-hydroxylation sites is 1. The van der Waals surface area contributed by atoms with Gasteiger partial charge in [-0.3, -0.25) is 14.5 Å². The minimum absolute atomic E-state index is 0.125. The van der Waals surface area contributed by atoms with Crippen molar-refractivity contribution in [2.24, 2.45) is 7.05 Å². The lowest BCUT2D eigenvalue weighted by Crippen LogP contribution is -2.21. The molecule has 2 aromatic heterocycles. The summed E-state index contributed by atoms with van der Waals surface area (Å²) >= 11 is 0. The summed E-state index contributed by atoms with van der Waals surface area (Å²) in [4.78, 5) is 19.5. The maximum atomic E-state index is 12.5. The first-order valence-electron chi connectivity index (χ1n) is 9.35. The van der Waals surface area contributed by atoms with E-state index >= 15 is 0 Å². The van der Waals surface area contributed by atoms with Crippen LogP contribution in [0.1, 0.15) is 36.2 Å². The van der Waals surface area contributed by atoms with E-state index in [-0.39, 0.29) is 5.78 Å². The molecule has 1 aliphatic heterocycles. The second-order valence-electron chi connectivity index (χ2n) is 7.03. The predicted octanol–water partition coefficient (Wildman–Crippen LogP) is 3.69. The average molecular weight is 348 g/mol. The minimum Gasteiger partial charge on any atom is -0.303 e. The molecule has 0 saturated carbocycles. The molecule has 1 fully saturated rings. The summed E-state index contributed by atoms with van der Waals surface area (Å²) in [6.07, 6.45) is 5.89. The Morgan fingerprint density at radius 1 is 1.15 bits per heavy atom. The molecule has 1 aliphatic rings. The van der Waals surface area contributed by atoms with Gasteiger partial charge in [0.15, 0.2) is 5.78 Å². The second-order valence-corrected chi connectivity index (χ2v) is 7.03. The third kappa shape index (κ3) is 3.53. The van der Waals surface area contributed by atoms with Crippen LogP contribution < -0.4 is 0 Å². The zero-order valence-electron chi connectivity index (χ0n) is 15.2. The fourth-order valence-electron chi connectivity index (χ4n) is 3.68. The van der Waals surface area contributed by atoms with Gasteiger partial charge in [-0.05, 0) is 57.1 Å². The molecule has 0 radical (unpaired) electrons. The van der Waals surface area contributed by atoms with E-state index in [0.29, 0.717) is 12.1 Å². The number of fused-ring (bicyclic) bond motifs is 1. The largest absolute Gasteiger partial charge is 0.303 e. The number of Topliss-reactive ketones (excluding diaryl/α,β-unsaturated/α-hetero) is 1. The molecule has 5 heteroatoms. The molecule has 0 N–H and O–H groups in total. The lowest BCUT2D eigenvalue weighted by Gasteiger charge is -2.13. The highest BCUT2D eigenvalue weighted by Gasteiger charge is 2.16. The number of aromatic nitrogens is 3. The first-order valence-corrected chi connectivity index (χ1v) is 9.35. The van der Waals surface area contributed by atoms with Crippen LogP contribution in [0.4, 0.5) is 0 Å². The Morgan fingerprint density at radius 3 is 2.81 bits per heavy atom. The molecular weight excluding hydrogens is 324 g/mol. The van der Waals surface area contributed by atoms with Gasteiger partial charge in [-0.1, -0.05) is 18.2 Å². The quantitative estimate of drug-likeness (QED) is 0.638. The van der Waals surface area contributed by atoms with Crippen LogP contribution in [-0.2, 0) is 7.05 Å². The van der Waals surface area contributed by atoms with E-state index in [1.54, 1.807) is 4.68 Å². The topological polar surface area (TPSA) is 51.0 Å². The zero-order valence-corrected chi connectivity index (χ0v) is 15.2. The van der Waals surface area contributed by atoms with E-state index in [1.165, 1.54) is 25.9 Å². The summed E-state index contributed by atoms with van der Waals surface area (Å²) in [5.41, 5.74) is 3.43. The number of rotatable bonds is 6. The van der Waals surface area contributed by atoms with Gasteiger partial charge in [-0.15, -0.1) is 0 Å². The van der Waals surface area contributed by atoms with Crippen molar-refractivity contribution in [3.8, 4) is 11.3 Å². The number of carbonyl (C=O) groups is 1. The summed E-state index contributed by atoms with van der Waals surface area (Å²) in [6.45, 7) is 3.37. The van der Waals surface area contributed by atoms with E-state index in [1.807, 2.05) is 43.6 Å². The number of benzene rings is 1. The fourth-order valence-corrected chi connectivity index (χ4v) is 3.68. The standard InChI is InChI=1S/C21H24N4O/c1-24-20(17-13-16-7-2-3-8-18(16)22-15-17)14-19(23-24)21(26)9-6-12-25-10-4-5-11-25/h2-3,7-8,13-15H,4-6,9-12H2,1H3. The second kappa shape index (κ2) is 7.38. The Morgan fingerprint density at radius 2 is 1.96 bits per heavy atom. The number of aryl methyl sites for hydroxylation is 1. The molecule has 1 aromatic carbocycles. The van der Waals surface area contributed by atoms with Crippen molar-refractivity contribution in [3.05, 3.63) is 48.3 Å². The van der Waals surface area contributed by atoms with Crippen molar-refractivity contribution in [1.29, 1.82) is 0 Å². The molecule has 1 saturated heterocycles. The number of hydrogen-bond donors (Lipinski definition) is 0. The summed E-state index contributed by atoms with van der Waals surface area (Å²) in [5.74, 6) is 0.125. The lowest BCUT2D eigenvalue weighted by atomic mass is 10.1. The maximum absolute atomic E-state index is 12.5. The van der Waals surface area contributed by atoms with E-state index in [4.69, 9.17) is 0 Å².